The normalized spacial score (nSPS) is 12.2. The van der Waals surface area contributed by atoms with Gasteiger partial charge >= 0.3 is 0 Å². The molecule has 1 aliphatic rings. The van der Waals surface area contributed by atoms with Gasteiger partial charge in [-0.15, -0.1) is 0 Å². The molecule has 2 aromatic carbocycles. The summed E-state index contributed by atoms with van der Waals surface area (Å²) in [6.07, 6.45) is 2.35. The number of nitrogens with one attached hydrogen (secondary N) is 1. The van der Waals surface area contributed by atoms with Gasteiger partial charge < -0.3 is 15.1 Å². The van der Waals surface area contributed by atoms with Gasteiger partial charge in [0.05, 0.1) is 11.4 Å². The molecule has 1 heterocycles. The molecular formula is C20H27N3S. The molecule has 0 saturated heterocycles. The van der Waals surface area contributed by atoms with Gasteiger partial charge in [-0.2, -0.15) is 0 Å². The fourth-order valence-corrected chi connectivity index (χ4v) is 4.01. The van der Waals surface area contributed by atoms with Crippen molar-refractivity contribution in [3.05, 3.63) is 36.4 Å². The molecule has 0 amide bonds. The van der Waals surface area contributed by atoms with Crippen molar-refractivity contribution in [1.82, 2.24) is 0 Å². The van der Waals surface area contributed by atoms with Gasteiger partial charge in [0.1, 0.15) is 0 Å². The summed E-state index contributed by atoms with van der Waals surface area (Å²) in [5, 5.41) is 3.64. The van der Waals surface area contributed by atoms with E-state index in [0.29, 0.717) is 0 Å². The Bertz CT molecular complexity index is 706. The van der Waals surface area contributed by atoms with Crippen LogP contribution in [0.4, 0.5) is 22.7 Å². The fraction of sp³-hybridized carbons (Fsp3) is 0.400. The van der Waals surface area contributed by atoms with E-state index in [0.717, 1.165) is 13.1 Å². The number of anilines is 4. The molecule has 0 unspecified atom stereocenters. The zero-order valence-electron chi connectivity index (χ0n) is 15.1. The van der Waals surface area contributed by atoms with Crippen molar-refractivity contribution in [2.75, 3.05) is 42.3 Å². The molecule has 0 radical (unpaired) electrons. The molecule has 2 aromatic rings. The number of nitrogens with zero attached hydrogens (tertiary/aromatic N) is 2. The maximum atomic E-state index is 3.64. The maximum Gasteiger partial charge on any atom is 0.0547 e. The van der Waals surface area contributed by atoms with Crippen LogP contribution in [0.3, 0.4) is 0 Å². The molecule has 0 aliphatic carbocycles. The first-order valence-corrected chi connectivity index (χ1v) is 9.59. The van der Waals surface area contributed by atoms with Gasteiger partial charge in [-0.3, -0.25) is 0 Å². The Hall–Kier alpha value is -1.81. The zero-order valence-corrected chi connectivity index (χ0v) is 15.9. The first-order valence-electron chi connectivity index (χ1n) is 8.77. The first kappa shape index (κ1) is 17.0. The lowest BCUT2D eigenvalue weighted by Crippen LogP contribution is -2.24. The summed E-state index contributed by atoms with van der Waals surface area (Å²) < 4.78 is 0. The quantitative estimate of drug-likeness (QED) is 0.630. The van der Waals surface area contributed by atoms with Crippen LogP contribution in [-0.4, -0.2) is 27.2 Å². The topological polar surface area (TPSA) is 18.5 Å². The monoisotopic (exact) mass is 341 g/mol. The van der Waals surface area contributed by atoms with E-state index in [-0.39, 0.29) is 0 Å². The molecule has 0 atom stereocenters. The third-order valence-electron chi connectivity index (χ3n) is 4.28. The molecular weight excluding hydrogens is 314 g/mol. The third kappa shape index (κ3) is 3.48. The van der Waals surface area contributed by atoms with Crippen LogP contribution in [-0.2, 0) is 0 Å². The zero-order chi connectivity index (χ0) is 17.1. The number of benzene rings is 2. The van der Waals surface area contributed by atoms with Crippen molar-refractivity contribution in [2.45, 2.75) is 36.5 Å². The van der Waals surface area contributed by atoms with Crippen molar-refractivity contribution >= 4 is 34.5 Å². The summed E-state index contributed by atoms with van der Waals surface area (Å²) in [7, 11) is 4.16. The second-order valence-electron chi connectivity index (χ2n) is 6.47. The Balaban J connectivity index is 1.89. The Morgan fingerprint density at radius 1 is 0.833 bits per heavy atom. The van der Waals surface area contributed by atoms with E-state index in [4.69, 9.17) is 0 Å². The number of rotatable bonds is 6. The molecule has 4 heteroatoms. The fourth-order valence-electron chi connectivity index (χ4n) is 3.06. The van der Waals surface area contributed by atoms with E-state index in [2.05, 4.69) is 79.5 Å². The highest BCUT2D eigenvalue weighted by atomic mass is 32.2. The molecule has 3 nitrogen and oxygen atoms in total. The van der Waals surface area contributed by atoms with Crippen molar-refractivity contribution in [1.29, 1.82) is 0 Å². The van der Waals surface area contributed by atoms with Gasteiger partial charge in [0.15, 0.2) is 0 Å². The summed E-state index contributed by atoms with van der Waals surface area (Å²) >= 11 is 1.85. The summed E-state index contributed by atoms with van der Waals surface area (Å²) in [4.78, 5) is 7.22. The van der Waals surface area contributed by atoms with Crippen molar-refractivity contribution in [2.24, 2.45) is 0 Å². The molecule has 0 fully saturated rings. The Morgan fingerprint density at radius 2 is 1.38 bits per heavy atom. The van der Waals surface area contributed by atoms with Gasteiger partial charge in [-0.1, -0.05) is 25.6 Å². The third-order valence-corrected chi connectivity index (χ3v) is 5.44. The van der Waals surface area contributed by atoms with Crippen LogP contribution in [0, 0.1) is 0 Å². The number of hydrogen-bond acceptors (Lipinski definition) is 4. The van der Waals surface area contributed by atoms with E-state index in [9.17, 15) is 0 Å². The second kappa shape index (κ2) is 7.39. The summed E-state index contributed by atoms with van der Waals surface area (Å²) in [5.41, 5.74) is 4.96. The van der Waals surface area contributed by atoms with E-state index in [1.807, 2.05) is 11.8 Å². The predicted octanol–water partition coefficient (Wildman–Crippen LogP) is 5.59. The summed E-state index contributed by atoms with van der Waals surface area (Å²) in [6.45, 7) is 6.71. The standard InChI is InChI=1S/C20H27N3S/c1-5-11-23(12-6-2)16-8-10-20-18(14-16)21-17-13-15(22(3)4)7-9-19(17)24-20/h7-10,13-14,21H,5-6,11-12H2,1-4H3. The van der Waals surface area contributed by atoms with Crippen LogP contribution in [0.1, 0.15) is 26.7 Å². The predicted molar refractivity (Wildman–Crippen MR) is 107 cm³/mol. The van der Waals surface area contributed by atoms with Crippen LogP contribution in [0.25, 0.3) is 0 Å². The largest absolute Gasteiger partial charge is 0.378 e. The molecule has 3 rings (SSSR count). The van der Waals surface area contributed by atoms with Gasteiger partial charge in [0.25, 0.3) is 0 Å². The van der Waals surface area contributed by atoms with Crippen LogP contribution in [0.15, 0.2) is 46.2 Å². The lowest BCUT2D eigenvalue weighted by molar-refractivity contribution is 0.745. The average molecular weight is 342 g/mol. The van der Waals surface area contributed by atoms with E-state index >= 15 is 0 Å². The molecule has 24 heavy (non-hydrogen) atoms. The molecule has 0 saturated carbocycles. The lowest BCUT2D eigenvalue weighted by atomic mass is 10.2. The minimum Gasteiger partial charge on any atom is -0.378 e. The molecule has 1 aliphatic heterocycles. The van der Waals surface area contributed by atoms with Gasteiger partial charge in [0, 0.05) is 48.4 Å². The SMILES string of the molecule is CCCN(CCC)c1ccc2c(c1)Nc1cc(N(C)C)ccc1S2. The smallest absolute Gasteiger partial charge is 0.0547 e. The van der Waals surface area contributed by atoms with E-state index in [1.165, 1.54) is 45.4 Å². The first-order chi connectivity index (χ1) is 11.6. The van der Waals surface area contributed by atoms with Gasteiger partial charge in [-0.25, -0.2) is 0 Å². The van der Waals surface area contributed by atoms with E-state index < -0.39 is 0 Å². The van der Waals surface area contributed by atoms with Crippen molar-refractivity contribution in [3.63, 3.8) is 0 Å². The second-order valence-corrected chi connectivity index (χ2v) is 7.55. The minimum absolute atomic E-state index is 1.11. The van der Waals surface area contributed by atoms with Gasteiger partial charge in [-0.05, 0) is 49.2 Å². The maximum absolute atomic E-state index is 3.64. The Morgan fingerprint density at radius 3 is 1.92 bits per heavy atom. The Labute approximate surface area is 150 Å². The van der Waals surface area contributed by atoms with E-state index in [1.54, 1.807) is 0 Å². The van der Waals surface area contributed by atoms with Crippen LogP contribution in [0.5, 0.6) is 0 Å². The summed E-state index contributed by atoms with van der Waals surface area (Å²) in [5.74, 6) is 0. The summed E-state index contributed by atoms with van der Waals surface area (Å²) in [6, 6.07) is 13.4. The van der Waals surface area contributed by atoms with Crippen LogP contribution >= 0.6 is 11.8 Å². The molecule has 128 valence electrons. The highest BCUT2D eigenvalue weighted by Gasteiger charge is 2.18. The molecule has 1 N–H and O–H groups in total. The molecule has 0 bridgehead atoms. The molecule has 0 aromatic heterocycles. The number of hydrogen-bond donors (Lipinski definition) is 1. The highest BCUT2D eigenvalue weighted by molar-refractivity contribution is 7.99. The van der Waals surface area contributed by atoms with Crippen LogP contribution in [0.2, 0.25) is 0 Å². The molecule has 0 spiro atoms. The average Bonchev–Trinajstić information content (AvgIpc) is 2.58. The minimum atomic E-state index is 1.11. The van der Waals surface area contributed by atoms with Crippen molar-refractivity contribution < 1.29 is 0 Å². The highest BCUT2D eigenvalue weighted by Crippen LogP contribution is 2.46. The Kier molecular flexibility index (Phi) is 5.24. The van der Waals surface area contributed by atoms with Crippen LogP contribution < -0.4 is 15.1 Å². The van der Waals surface area contributed by atoms with Gasteiger partial charge in [0.2, 0.25) is 0 Å². The lowest BCUT2D eigenvalue weighted by Gasteiger charge is -2.27. The van der Waals surface area contributed by atoms with Crippen molar-refractivity contribution in [3.8, 4) is 0 Å². The number of fused-ring (bicyclic) bond motifs is 2.